The van der Waals surface area contributed by atoms with Crippen molar-refractivity contribution < 1.29 is 13.9 Å². The maximum Gasteiger partial charge on any atom is 0.150 e. The first-order valence-corrected chi connectivity index (χ1v) is 7.25. The molecule has 4 nitrogen and oxygen atoms in total. The molecule has 1 heterocycles. The minimum absolute atomic E-state index is 0.140. The molecule has 0 aliphatic heterocycles. The third kappa shape index (κ3) is 2.78. The minimum Gasteiger partial charge on any atom is -0.390 e. The number of nitrogens with two attached hydrogens (primary N) is 1. The highest BCUT2D eigenvalue weighted by Crippen LogP contribution is 2.35. The molecule has 3 atom stereocenters. The molecule has 2 aromatic rings. The van der Waals surface area contributed by atoms with Gasteiger partial charge in [0.1, 0.15) is 23.5 Å². The van der Waals surface area contributed by atoms with Crippen molar-refractivity contribution in [3.63, 3.8) is 0 Å². The van der Waals surface area contributed by atoms with E-state index in [1.165, 1.54) is 12.3 Å². The lowest BCUT2D eigenvalue weighted by molar-refractivity contribution is 0.0363. The highest BCUT2D eigenvalue weighted by atomic mass is 19.1. The van der Waals surface area contributed by atoms with E-state index in [2.05, 4.69) is 9.97 Å². The first-order valence-electron chi connectivity index (χ1n) is 7.25. The molecule has 6 heteroatoms. The summed E-state index contributed by atoms with van der Waals surface area (Å²) in [5, 5.41) is 9.47. The Morgan fingerprint density at radius 2 is 2.00 bits per heavy atom. The van der Waals surface area contributed by atoms with Gasteiger partial charge in [0.05, 0.1) is 18.0 Å². The smallest absolute Gasteiger partial charge is 0.150 e. The molecule has 0 saturated heterocycles. The van der Waals surface area contributed by atoms with Crippen LogP contribution in [0.5, 0.6) is 0 Å². The second-order valence-electron chi connectivity index (χ2n) is 5.60. The van der Waals surface area contributed by atoms with E-state index in [0.29, 0.717) is 18.5 Å². The zero-order valence-electron chi connectivity index (χ0n) is 11.9. The largest absolute Gasteiger partial charge is 0.390 e. The molecule has 1 aliphatic rings. The zero-order chi connectivity index (χ0) is 15.7. The fraction of sp³-hybridized carbons (Fsp3) is 0.375. The quantitative estimate of drug-likeness (QED) is 0.895. The second kappa shape index (κ2) is 5.96. The maximum atomic E-state index is 13.9. The van der Waals surface area contributed by atoms with Crippen LogP contribution in [0.15, 0.2) is 30.5 Å². The van der Waals surface area contributed by atoms with Gasteiger partial charge in [-0.25, -0.2) is 18.7 Å². The Kier molecular flexibility index (Phi) is 4.02. The fourth-order valence-electron chi connectivity index (χ4n) is 2.83. The lowest BCUT2D eigenvalue weighted by Gasteiger charge is -2.28. The van der Waals surface area contributed by atoms with Crippen LogP contribution in [0.4, 0.5) is 14.6 Å². The van der Waals surface area contributed by atoms with E-state index < -0.39 is 18.1 Å². The van der Waals surface area contributed by atoms with E-state index in [4.69, 9.17) is 5.73 Å². The number of aliphatic hydroxyl groups is 1. The second-order valence-corrected chi connectivity index (χ2v) is 5.60. The van der Waals surface area contributed by atoms with Crippen LogP contribution in [0.2, 0.25) is 0 Å². The van der Waals surface area contributed by atoms with Crippen molar-refractivity contribution in [1.29, 1.82) is 0 Å². The van der Waals surface area contributed by atoms with Crippen LogP contribution in [0.25, 0.3) is 11.3 Å². The molecule has 0 radical (unpaired) electrons. The molecule has 3 N–H and O–H groups in total. The number of alkyl halides is 1. The van der Waals surface area contributed by atoms with Gasteiger partial charge in [-0.15, -0.1) is 0 Å². The SMILES string of the molecule is Nc1ncc([C@@H]2CC[C@H](O)[C@H](F)C2)nc1-c1ccccc1F. The minimum atomic E-state index is -1.27. The van der Waals surface area contributed by atoms with Crippen LogP contribution in [0.1, 0.15) is 30.9 Å². The number of benzene rings is 1. The number of hydrogen-bond acceptors (Lipinski definition) is 4. The van der Waals surface area contributed by atoms with Gasteiger partial charge in [0.2, 0.25) is 0 Å². The van der Waals surface area contributed by atoms with E-state index in [0.717, 1.165) is 0 Å². The van der Waals surface area contributed by atoms with Crippen LogP contribution in [-0.4, -0.2) is 27.4 Å². The van der Waals surface area contributed by atoms with Gasteiger partial charge >= 0.3 is 0 Å². The average molecular weight is 305 g/mol. The molecule has 22 heavy (non-hydrogen) atoms. The summed E-state index contributed by atoms with van der Waals surface area (Å²) >= 11 is 0. The van der Waals surface area contributed by atoms with Crippen LogP contribution in [0.3, 0.4) is 0 Å². The van der Waals surface area contributed by atoms with Gasteiger partial charge in [0.15, 0.2) is 0 Å². The zero-order valence-corrected chi connectivity index (χ0v) is 11.9. The van der Waals surface area contributed by atoms with Gasteiger partial charge in [-0.3, -0.25) is 0 Å². The molecular formula is C16H17F2N3O. The number of rotatable bonds is 2. The van der Waals surface area contributed by atoms with Crippen molar-refractivity contribution in [3.05, 3.63) is 42.0 Å². The lowest BCUT2D eigenvalue weighted by Crippen LogP contribution is -2.30. The number of hydrogen-bond donors (Lipinski definition) is 2. The van der Waals surface area contributed by atoms with Crippen LogP contribution in [-0.2, 0) is 0 Å². The molecule has 0 bridgehead atoms. The Balaban J connectivity index is 1.95. The summed E-state index contributed by atoms with van der Waals surface area (Å²) in [6.45, 7) is 0. The van der Waals surface area contributed by atoms with Gasteiger partial charge in [-0.1, -0.05) is 12.1 Å². The Morgan fingerprint density at radius 3 is 2.73 bits per heavy atom. The van der Waals surface area contributed by atoms with E-state index in [9.17, 15) is 13.9 Å². The summed E-state index contributed by atoms with van der Waals surface area (Å²) in [5.74, 6) is -0.429. The number of aromatic nitrogens is 2. The number of halogens is 2. The summed E-state index contributed by atoms with van der Waals surface area (Å²) in [5.41, 5.74) is 6.95. The molecular weight excluding hydrogens is 288 g/mol. The summed E-state index contributed by atoms with van der Waals surface area (Å²) in [4.78, 5) is 8.49. The van der Waals surface area contributed by atoms with Crippen molar-refractivity contribution in [2.75, 3.05) is 5.73 Å². The molecule has 1 aliphatic carbocycles. The predicted molar refractivity (Wildman–Crippen MR) is 79.3 cm³/mol. The van der Waals surface area contributed by atoms with Crippen LogP contribution in [0, 0.1) is 5.82 Å². The highest BCUT2D eigenvalue weighted by Gasteiger charge is 2.31. The van der Waals surface area contributed by atoms with E-state index in [-0.39, 0.29) is 29.4 Å². The third-order valence-corrected chi connectivity index (χ3v) is 4.10. The van der Waals surface area contributed by atoms with Gasteiger partial charge in [0, 0.05) is 11.5 Å². The third-order valence-electron chi connectivity index (χ3n) is 4.10. The standard InChI is InChI=1S/C16H17F2N3O/c17-11-4-2-1-3-10(11)15-16(19)20-8-13(21-15)9-5-6-14(22)12(18)7-9/h1-4,8-9,12,14,22H,5-7H2,(H2,19,20)/t9-,12-,14+/m1/s1. The first-order chi connectivity index (χ1) is 10.6. The summed E-state index contributed by atoms with van der Waals surface area (Å²) in [7, 11) is 0. The van der Waals surface area contributed by atoms with Gasteiger partial charge < -0.3 is 10.8 Å². The highest BCUT2D eigenvalue weighted by molar-refractivity contribution is 5.70. The summed E-state index contributed by atoms with van der Waals surface area (Å²) in [6.07, 6.45) is 0.522. The van der Waals surface area contributed by atoms with Crippen LogP contribution >= 0.6 is 0 Å². The molecule has 1 aromatic carbocycles. The van der Waals surface area contributed by atoms with Gasteiger partial charge in [0.25, 0.3) is 0 Å². The summed E-state index contributed by atoms with van der Waals surface area (Å²) in [6, 6.07) is 6.20. The van der Waals surface area contributed by atoms with Crippen molar-refractivity contribution in [3.8, 4) is 11.3 Å². The molecule has 0 spiro atoms. The molecule has 1 aromatic heterocycles. The van der Waals surface area contributed by atoms with Crippen molar-refractivity contribution in [2.45, 2.75) is 37.5 Å². The number of aliphatic hydroxyl groups excluding tert-OH is 1. The van der Waals surface area contributed by atoms with E-state index in [1.807, 2.05) is 0 Å². The van der Waals surface area contributed by atoms with Gasteiger partial charge in [-0.05, 0) is 31.4 Å². The summed E-state index contributed by atoms with van der Waals surface area (Å²) < 4.78 is 27.6. The Morgan fingerprint density at radius 1 is 1.23 bits per heavy atom. The molecule has 1 fully saturated rings. The average Bonchev–Trinajstić information content (AvgIpc) is 2.51. The normalized spacial score (nSPS) is 25.1. The number of nitrogens with zero attached hydrogens (tertiary/aromatic N) is 2. The molecule has 1 saturated carbocycles. The Bertz CT molecular complexity index is 680. The van der Waals surface area contributed by atoms with E-state index in [1.54, 1.807) is 18.2 Å². The first kappa shape index (κ1) is 14.8. The van der Waals surface area contributed by atoms with Gasteiger partial charge in [-0.2, -0.15) is 0 Å². The topological polar surface area (TPSA) is 72.0 Å². The number of nitrogen functional groups attached to an aromatic ring is 1. The molecule has 0 amide bonds. The lowest BCUT2D eigenvalue weighted by atomic mass is 9.84. The van der Waals surface area contributed by atoms with Crippen LogP contribution < -0.4 is 5.73 Å². The van der Waals surface area contributed by atoms with Crippen molar-refractivity contribution >= 4 is 5.82 Å². The number of anilines is 1. The fourth-order valence-corrected chi connectivity index (χ4v) is 2.83. The Hall–Kier alpha value is -2.08. The van der Waals surface area contributed by atoms with E-state index >= 15 is 0 Å². The molecule has 3 rings (SSSR count). The van der Waals surface area contributed by atoms with Crippen molar-refractivity contribution in [1.82, 2.24) is 9.97 Å². The molecule has 116 valence electrons. The Labute approximate surface area is 127 Å². The maximum absolute atomic E-state index is 13.9. The monoisotopic (exact) mass is 305 g/mol. The molecule has 0 unspecified atom stereocenters. The van der Waals surface area contributed by atoms with Crippen molar-refractivity contribution in [2.24, 2.45) is 0 Å². The predicted octanol–water partition coefficient (Wildman–Crippen LogP) is 2.83.